The molecule has 1 heterocycles. The summed E-state index contributed by atoms with van der Waals surface area (Å²) < 4.78 is 4.82. The van der Waals surface area contributed by atoms with Crippen molar-refractivity contribution in [3.63, 3.8) is 0 Å². The lowest BCUT2D eigenvalue weighted by Gasteiger charge is -2.28. The molecule has 0 saturated carbocycles. The van der Waals surface area contributed by atoms with Crippen LogP contribution in [0.3, 0.4) is 0 Å². The molecule has 13 heavy (non-hydrogen) atoms. The second-order valence-corrected chi connectivity index (χ2v) is 3.93. The van der Waals surface area contributed by atoms with Gasteiger partial charge in [0.1, 0.15) is 5.78 Å². The molecular weight excluding hydrogens is 238 g/mol. The highest BCUT2D eigenvalue weighted by molar-refractivity contribution is 9.10. The maximum atomic E-state index is 11.2. The van der Waals surface area contributed by atoms with Crippen LogP contribution in [0.25, 0.3) is 0 Å². The molecule has 0 aromatic heterocycles. The fourth-order valence-electron chi connectivity index (χ4n) is 1.17. The molecule has 1 amide bonds. The maximum Gasteiger partial charge on any atom is 0.409 e. The molecule has 1 saturated heterocycles. The fraction of sp³-hybridized carbons (Fsp3) is 0.750. The molecule has 1 aliphatic rings. The average molecular weight is 250 g/mol. The van der Waals surface area contributed by atoms with E-state index in [1.807, 2.05) is 0 Å². The molecule has 0 aromatic rings. The lowest BCUT2D eigenvalue weighted by Crippen LogP contribution is -2.44. The number of hydrogen-bond acceptors (Lipinski definition) is 3. The summed E-state index contributed by atoms with van der Waals surface area (Å²) in [6.45, 7) is 3.02. The Morgan fingerprint density at radius 1 is 1.77 bits per heavy atom. The van der Waals surface area contributed by atoms with Crippen LogP contribution in [0.4, 0.5) is 4.79 Å². The number of amides is 1. The molecule has 4 nitrogen and oxygen atoms in total. The van der Waals surface area contributed by atoms with Crippen molar-refractivity contribution >= 4 is 27.8 Å². The Kier molecular flexibility index (Phi) is 3.71. The van der Waals surface area contributed by atoms with E-state index in [9.17, 15) is 9.59 Å². The fourth-order valence-corrected chi connectivity index (χ4v) is 1.75. The third-order valence-corrected chi connectivity index (χ3v) is 2.68. The maximum absolute atomic E-state index is 11.2. The molecule has 0 N–H and O–H groups in total. The van der Waals surface area contributed by atoms with Crippen LogP contribution < -0.4 is 0 Å². The van der Waals surface area contributed by atoms with Gasteiger partial charge in [-0.2, -0.15) is 0 Å². The normalized spacial score (nSPS) is 23.1. The minimum atomic E-state index is -0.334. The summed E-state index contributed by atoms with van der Waals surface area (Å²) >= 11 is 3.21. The van der Waals surface area contributed by atoms with E-state index >= 15 is 0 Å². The molecule has 1 rings (SSSR count). The van der Waals surface area contributed by atoms with Crippen molar-refractivity contribution in [1.82, 2.24) is 4.90 Å². The molecule has 1 atom stereocenters. The van der Waals surface area contributed by atoms with Crippen LogP contribution in [0.5, 0.6) is 0 Å². The van der Waals surface area contributed by atoms with Crippen LogP contribution >= 0.6 is 15.9 Å². The van der Waals surface area contributed by atoms with Gasteiger partial charge >= 0.3 is 6.09 Å². The lowest BCUT2D eigenvalue weighted by atomic mass is 10.1. The number of hydrogen-bond donors (Lipinski definition) is 0. The molecule has 5 heteroatoms. The van der Waals surface area contributed by atoms with Gasteiger partial charge in [0.05, 0.1) is 11.4 Å². The van der Waals surface area contributed by atoms with E-state index in [2.05, 4.69) is 15.9 Å². The van der Waals surface area contributed by atoms with Gasteiger partial charge in [0, 0.05) is 19.5 Å². The van der Waals surface area contributed by atoms with Crippen LogP contribution in [0.1, 0.15) is 13.3 Å². The summed E-state index contributed by atoms with van der Waals surface area (Å²) in [6.07, 6.45) is 0.0776. The summed E-state index contributed by atoms with van der Waals surface area (Å²) in [7, 11) is 0. The Bertz CT molecular complexity index is 219. The van der Waals surface area contributed by atoms with E-state index in [-0.39, 0.29) is 16.7 Å². The Labute approximate surface area is 85.4 Å². The number of Topliss-reactive ketones (excluding diaryl/α,β-unsaturated/α-hetero) is 1. The zero-order chi connectivity index (χ0) is 9.84. The van der Waals surface area contributed by atoms with Gasteiger partial charge in [0.2, 0.25) is 0 Å². The van der Waals surface area contributed by atoms with Gasteiger partial charge in [0.25, 0.3) is 0 Å². The van der Waals surface area contributed by atoms with Gasteiger partial charge in [-0.3, -0.25) is 4.79 Å². The number of rotatable bonds is 1. The van der Waals surface area contributed by atoms with Crippen molar-refractivity contribution < 1.29 is 14.3 Å². The summed E-state index contributed by atoms with van der Waals surface area (Å²) in [5, 5.41) is 0. The predicted molar refractivity (Wildman–Crippen MR) is 50.9 cm³/mol. The number of carbonyl (C=O) groups excluding carboxylic acids is 2. The Balaban J connectivity index is 2.45. The SMILES string of the molecule is CCOC(=O)N1CCC(=O)[C@@H](Br)C1. The smallest absolute Gasteiger partial charge is 0.409 e. The van der Waals surface area contributed by atoms with Crippen LogP contribution in [-0.4, -0.2) is 41.3 Å². The zero-order valence-electron chi connectivity index (χ0n) is 7.46. The zero-order valence-corrected chi connectivity index (χ0v) is 9.04. The van der Waals surface area contributed by atoms with E-state index in [1.165, 1.54) is 0 Å². The van der Waals surface area contributed by atoms with Gasteiger partial charge in [-0.1, -0.05) is 15.9 Å². The highest BCUT2D eigenvalue weighted by atomic mass is 79.9. The van der Waals surface area contributed by atoms with E-state index < -0.39 is 0 Å². The minimum Gasteiger partial charge on any atom is -0.450 e. The first kappa shape index (κ1) is 10.5. The lowest BCUT2D eigenvalue weighted by molar-refractivity contribution is -0.120. The van der Waals surface area contributed by atoms with E-state index in [4.69, 9.17) is 4.74 Å². The summed E-state index contributed by atoms with van der Waals surface area (Å²) in [6, 6.07) is 0. The van der Waals surface area contributed by atoms with Gasteiger partial charge in [0.15, 0.2) is 0 Å². The first-order chi connectivity index (χ1) is 6.15. The van der Waals surface area contributed by atoms with Crippen LogP contribution in [0.15, 0.2) is 0 Å². The number of piperidine rings is 1. The Morgan fingerprint density at radius 2 is 2.46 bits per heavy atom. The number of alkyl halides is 1. The number of halogens is 1. The van der Waals surface area contributed by atoms with Crippen LogP contribution in [0.2, 0.25) is 0 Å². The first-order valence-electron chi connectivity index (χ1n) is 4.23. The van der Waals surface area contributed by atoms with Crippen molar-refractivity contribution in [2.75, 3.05) is 19.7 Å². The second-order valence-electron chi connectivity index (χ2n) is 2.83. The van der Waals surface area contributed by atoms with E-state index in [0.29, 0.717) is 26.1 Å². The van der Waals surface area contributed by atoms with Crippen LogP contribution in [0, 0.1) is 0 Å². The number of carbonyl (C=O) groups is 2. The number of ether oxygens (including phenoxy) is 1. The third-order valence-electron chi connectivity index (χ3n) is 1.88. The average Bonchev–Trinajstić information content (AvgIpc) is 2.10. The number of nitrogens with zero attached hydrogens (tertiary/aromatic N) is 1. The van der Waals surface area contributed by atoms with Crippen molar-refractivity contribution in [3.05, 3.63) is 0 Å². The van der Waals surface area contributed by atoms with Gasteiger partial charge in [-0.15, -0.1) is 0 Å². The van der Waals surface area contributed by atoms with E-state index in [0.717, 1.165) is 0 Å². The molecule has 0 radical (unpaired) electrons. The van der Waals surface area contributed by atoms with Gasteiger partial charge in [-0.05, 0) is 6.92 Å². The van der Waals surface area contributed by atoms with Crippen LogP contribution in [-0.2, 0) is 9.53 Å². The first-order valence-corrected chi connectivity index (χ1v) is 5.15. The summed E-state index contributed by atoms with van der Waals surface area (Å²) in [4.78, 5) is 23.6. The molecule has 1 fully saturated rings. The van der Waals surface area contributed by atoms with Crippen molar-refractivity contribution in [1.29, 1.82) is 0 Å². The van der Waals surface area contributed by atoms with Crippen molar-refractivity contribution in [3.8, 4) is 0 Å². The molecule has 0 bridgehead atoms. The highest BCUT2D eigenvalue weighted by Crippen LogP contribution is 2.14. The summed E-state index contributed by atoms with van der Waals surface area (Å²) in [5.74, 6) is 0.153. The van der Waals surface area contributed by atoms with Gasteiger partial charge < -0.3 is 9.64 Å². The molecular formula is C8H12BrNO3. The topological polar surface area (TPSA) is 46.6 Å². The van der Waals surface area contributed by atoms with Crippen molar-refractivity contribution in [2.45, 2.75) is 18.2 Å². The molecule has 0 unspecified atom stereocenters. The number of likely N-dealkylation sites (tertiary alicyclic amines) is 1. The molecule has 0 aliphatic carbocycles. The standard InChI is InChI=1S/C8H12BrNO3/c1-2-13-8(12)10-4-3-7(11)6(9)5-10/h6H,2-5H2,1H3/t6-/m0/s1. The highest BCUT2D eigenvalue weighted by Gasteiger charge is 2.28. The Morgan fingerprint density at radius 3 is 3.00 bits per heavy atom. The summed E-state index contributed by atoms with van der Waals surface area (Å²) in [5.41, 5.74) is 0. The molecule has 1 aliphatic heterocycles. The molecule has 0 aromatic carbocycles. The third kappa shape index (κ3) is 2.69. The molecule has 74 valence electrons. The van der Waals surface area contributed by atoms with Gasteiger partial charge in [-0.25, -0.2) is 4.79 Å². The molecule has 0 spiro atoms. The largest absolute Gasteiger partial charge is 0.450 e. The van der Waals surface area contributed by atoms with Crippen molar-refractivity contribution in [2.24, 2.45) is 0 Å². The second kappa shape index (κ2) is 4.60. The predicted octanol–water partition coefficient (Wildman–Crippen LogP) is 1.18. The monoisotopic (exact) mass is 249 g/mol. The Hall–Kier alpha value is -0.580. The number of ketones is 1. The van der Waals surface area contributed by atoms with E-state index in [1.54, 1.807) is 11.8 Å². The minimum absolute atomic E-state index is 0.153. The quantitative estimate of drug-likeness (QED) is 0.656.